The number of unbranched alkanes of at least 4 members (excludes halogenated alkanes) is 4. The molecule has 0 heterocycles. The van der Waals surface area contributed by atoms with E-state index in [4.69, 9.17) is 54.1 Å². The summed E-state index contributed by atoms with van der Waals surface area (Å²) in [6, 6.07) is -1.35. The molecule has 0 saturated carbocycles. The molecule has 0 spiro atoms. The molecule has 0 aliphatic carbocycles. The van der Waals surface area contributed by atoms with Crippen LogP contribution >= 0.6 is 0 Å². The summed E-state index contributed by atoms with van der Waals surface area (Å²) in [5, 5.41) is 6.98. The summed E-state index contributed by atoms with van der Waals surface area (Å²) in [5.41, 5.74) is 0. The largest absolute Gasteiger partial charge is 0.465 e. The Morgan fingerprint density at radius 2 is 0.917 bits per heavy atom. The summed E-state index contributed by atoms with van der Waals surface area (Å²) >= 11 is 0. The molecule has 0 aliphatic heterocycles. The average Bonchev–Trinajstić information content (AvgIpc) is 3.07. The van der Waals surface area contributed by atoms with Gasteiger partial charge >= 0.3 is 36.2 Å². The zero-order valence-corrected chi connectivity index (χ0v) is 26.9. The fourth-order valence-electron chi connectivity index (χ4n) is 3.25. The first-order valence-corrected chi connectivity index (χ1v) is 15.2. The van der Waals surface area contributed by atoms with E-state index in [2.05, 4.69) is 39.6 Å². The van der Waals surface area contributed by atoms with E-state index in [9.17, 15) is 28.8 Å². The molecule has 0 fully saturated rings. The molecule has 262 valence electrons. The number of terminal acetylenes is 4. The maximum atomic E-state index is 12.5. The zero-order chi connectivity index (χ0) is 35.8. The first-order valence-electron chi connectivity index (χ1n) is 15.2. The standard InChI is InChI=1S/C33H43N3O12/c1-5-9-13-17-44-29(38)26(24-34-31(40)46-19-15-11-7-3)23-28(37)43-21-22-48-33(42)36-27(30(39)45-18-14-10-6-2)25-35-32(41)47-20-16-12-8-4/h1-4,26-27H,9-25H2,(H,34,40)(H,35,41)(H,36,42). The Hall–Kier alpha value is -5.54. The second kappa shape index (κ2) is 28.9. The summed E-state index contributed by atoms with van der Waals surface area (Å²) in [4.78, 5) is 73.6. The van der Waals surface area contributed by atoms with E-state index in [1.54, 1.807) is 0 Å². The number of alkyl carbamates (subject to hydrolysis) is 3. The van der Waals surface area contributed by atoms with Crippen LogP contribution in [0.15, 0.2) is 0 Å². The van der Waals surface area contributed by atoms with Crippen molar-refractivity contribution in [1.29, 1.82) is 0 Å². The Kier molecular flexibility index (Phi) is 25.6. The van der Waals surface area contributed by atoms with E-state index in [1.807, 2.05) is 0 Å². The highest BCUT2D eigenvalue weighted by molar-refractivity contribution is 5.82. The Balaban J connectivity index is 4.91. The van der Waals surface area contributed by atoms with Crippen molar-refractivity contribution >= 4 is 36.2 Å². The van der Waals surface area contributed by atoms with E-state index in [1.165, 1.54) is 0 Å². The van der Waals surface area contributed by atoms with Crippen LogP contribution in [-0.4, -0.2) is 95.0 Å². The molecular formula is C33H43N3O12. The maximum absolute atomic E-state index is 12.5. The van der Waals surface area contributed by atoms with Crippen LogP contribution < -0.4 is 16.0 Å². The summed E-state index contributed by atoms with van der Waals surface area (Å²) < 4.78 is 30.1. The normalized spacial score (nSPS) is 10.9. The third-order valence-electron chi connectivity index (χ3n) is 5.66. The van der Waals surface area contributed by atoms with Gasteiger partial charge in [0, 0.05) is 32.2 Å². The fraction of sp³-hybridized carbons (Fsp3) is 0.576. The highest BCUT2D eigenvalue weighted by atomic mass is 16.6. The molecule has 0 aromatic heterocycles. The van der Waals surface area contributed by atoms with Crippen LogP contribution in [0.1, 0.15) is 57.8 Å². The molecule has 0 aromatic rings. The molecule has 0 radical (unpaired) electrons. The second-order valence-corrected chi connectivity index (χ2v) is 9.55. The number of hydrogen-bond acceptors (Lipinski definition) is 12. The number of hydrogen-bond donors (Lipinski definition) is 3. The molecule has 2 atom stereocenters. The lowest BCUT2D eigenvalue weighted by Crippen LogP contribution is -2.49. The molecule has 3 N–H and O–H groups in total. The molecule has 2 unspecified atom stereocenters. The number of rotatable bonds is 24. The number of carbonyl (C=O) groups is 6. The minimum Gasteiger partial charge on any atom is -0.465 e. The summed E-state index contributed by atoms with van der Waals surface area (Å²) in [5.74, 6) is 6.01. The third kappa shape index (κ3) is 23.8. The van der Waals surface area contributed by atoms with Crippen LogP contribution in [0.25, 0.3) is 0 Å². The number of nitrogens with one attached hydrogen (secondary N) is 3. The van der Waals surface area contributed by atoms with Gasteiger partial charge in [0.1, 0.15) is 19.3 Å². The van der Waals surface area contributed by atoms with E-state index >= 15 is 0 Å². The summed E-state index contributed by atoms with van der Waals surface area (Å²) in [7, 11) is 0. The minimum absolute atomic E-state index is 0.0106. The van der Waals surface area contributed by atoms with Gasteiger partial charge in [-0.05, 0) is 25.7 Å². The molecule has 15 heteroatoms. The van der Waals surface area contributed by atoms with Gasteiger partial charge in [0.05, 0.1) is 45.3 Å². The van der Waals surface area contributed by atoms with Crippen molar-refractivity contribution in [3.05, 3.63) is 0 Å². The molecular weight excluding hydrogens is 630 g/mol. The van der Waals surface area contributed by atoms with Crippen LogP contribution in [0.3, 0.4) is 0 Å². The van der Waals surface area contributed by atoms with Crippen molar-refractivity contribution in [2.75, 3.05) is 52.7 Å². The Morgan fingerprint density at radius 1 is 0.500 bits per heavy atom. The predicted molar refractivity (Wildman–Crippen MR) is 170 cm³/mol. The molecule has 0 bridgehead atoms. The summed E-state index contributed by atoms with van der Waals surface area (Å²) in [6.45, 7) is -1.42. The van der Waals surface area contributed by atoms with Gasteiger partial charge in [0.25, 0.3) is 0 Å². The van der Waals surface area contributed by atoms with Gasteiger partial charge in [0.15, 0.2) is 0 Å². The number of esters is 3. The minimum atomic E-state index is -1.35. The van der Waals surface area contributed by atoms with E-state index in [0.717, 1.165) is 0 Å². The zero-order valence-electron chi connectivity index (χ0n) is 26.9. The number of ether oxygens (including phenoxy) is 6. The lowest BCUT2D eigenvalue weighted by atomic mass is 10.1. The average molecular weight is 674 g/mol. The van der Waals surface area contributed by atoms with Gasteiger partial charge in [-0.3, -0.25) is 9.59 Å². The highest BCUT2D eigenvalue weighted by Crippen LogP contribution is 2.08. The van der Waals surface area contributed by atoms with Crippen molar-refractivity contribution < 1.29 is 57.2 Å². The Morgan fingerprint density at radius 3 is 1.42 bits per heavy atom. The SMILES string of the molecule is C#CCCCOC(=O)NCC(CC(=O)OCCOC(=O)NC(CNC(=O)OCCCC#C)C(=O)OCCCC#C)C(=O)OCCCC#C. The van der Waals surface area contributed by atoms with Gasteiger partial charge in [-0.15, -0.1) is 49.4 Å². The van der Waals surface area contributed by atoms with Crippen LogP contribution in [0.4, 0.5) is 14.4 Å². The van der Waals surface area contributed by atoms with Crippen molar-refractivity contribution in [3.63, 3.8) is 0 Å². The predicted octanol–water partition coefficient (Wildman–Crippen LogP) is 1.82. The highest BCUT2D eigenvalue weighted by Gasteiger charge is 2.26. The first kappa shape index (κ1) is 42.5. The van der Waals surface area contributed by atoms with Gasteiger partial charge in [0.2, 0.25) is 0 Å². The first-order chi connectivity index (χ1) is 23.2. The smallest absolute Gasteiger partial charge is 0.408 e. The maximum Gasteiger partial charge on any atom is 0.408 e. The number of carbonyl (C=O) groups excluding carboxylic acids is 6. The Bertz CT molecular complexity index is 1100. The molecule has 48 heavy (non-hydrogen) atoms. The van der Waals surface area contributed by atoms with Crippen LogP contribution in [0.2, 0.25) is 0 Å². The van der Waals surface area contributed by atoms with Gasteiger partial charge in [-0.2, -0.15) is 0 Å². The van der Waals surface area contributed by atoms with Gasteiger partial charge in [-0.1, -0.05) is 0 Å². The van der Waals surface area contributed by atoms with E-state index < -0.39 is 74.3 Å². The fourth-order valence-corrected chi connectivity index (χ4v) is 3.25. The van der Waals surface area contributed by atoms with Crippen molar-refractivity contribution in [3.8, 4) is 49.4 Å². The van der Waals surface area contributed by atoms with E-state index in [-0.39, 0.29) is 33.0 Å². The molecule has 3 amide bonds. The van der Waals surface area contributed by atoms with Crippen LogP contribution in [-0.2, 0) is 42.8 Å². The van der Waals surface area contributed by atoms with Gasteiger partial charge < -0.3 is 44.4 Å². The third-order valence-corrected chi connectivity index (χ3v) is 5.66. The molecule has 0 saturated heterocycles. The molecule has 0 aliphatic rings. The molecule has 0 aromatic carbocycles. The molecule has 15 nitrogen and oxygen atoms in total. The second-order valence-electron chi connectivity index (χ2n) is 9.55. The molecule has 0 rings (SSSR count). The van der Waals surface area contributed by atoms with Crippen LogP contribution in [0, 0.1) is 55.3 Å². The lowest BCUT2D eigenvalue weighted by Gasteiger charge is -2.18. The summed E-state index contributed by atoms with van der Waals surface area (Å²) in [6.07, 6.45) is 20.7. The quantitative estimate of drug-likeness (QED) is 0.0583. The van der Waals surface area contributed by atoms with Crippen molar-refractivity contribution in [1.82, 2.24) is 16.0 Å². The van der Waals surface area contributed by atoms with Crippen LogP contribution in [0.5, 0.6) is 0 Å². The van der Waals surface area contributed by atoms with Crippen molar-refractivity contribution in [2.45, 2.75) is 63.8 Å². The van der Waals surface area contributed by atoms with Gasteiger partial charge in [-0.25, -0.2) is 19.2 Å². The van der Waals surface area contributed by atoms with Crippen molar-refractivity contribution in [2.24, 2.45) is 5.92 Å². The monoisotopic (exact) mass is 673 g/mol. The number of amides is 3. The Labute approximate surface area is 281 Å². The topological polar surface area (TPSA) is 194 Å². The van der Waals surface area contributed by atoms with E-state index in [0.29, 0.717) is 51.4 Å². The lowest BCUT2D eigenvalue weighted by molar-refractivity contribution is -0.155.